The van der Waals surface area contributed by atoms with Crippen LogP contribution < -0.4 is 5.73 Å². The lowest BCUT2D eigenvalue weighted by Crippen LogP contribution is -2.34. The molecule has 0 radical (unpaired) electrons. The van der Waals surface area contributed by atoms with Crippen molar-refractivity contribution in [3.8, 4) is 10.8 Å². The second kappa shape index (κ2) is 5.42. The zero-order valence-corrected chi connectivity index (χ0v) is 13.5. The summed E-state index contributed by atoms with van der Waals surface area (Å²) >= 11 is 1.53. The molecule has 1 aliphatic rings. The van der Waals surface area contributed by atoms with E-state index < -0.39 is 5.60 Å². The second-order valence-electron chi connectivity index (χ2n) is 5.97. The number of ether oxygens (including phenoxy) is 1. The number of hydrogen-bond acceptors (Lipinski definition) is 6. The van der Waals surface area contributed by atoms with Crippen molar-refractivity contribution < 1.29 is 9.26 Å². The normalized spacial score (nSPS) is 26.1. The van der Waals surface area contributed by atoms with E-state index in [-0.39, 0.29) is 0 Å². The summed E-state index contributed by atoms with van der Waals surface area (Å²) in [5.74, 6) is 1.88. The Hall–Kier alpha value is -1.40. The summed E-state index contributed by atoms with van der Waals surface area (Å²) in [4.78, 5) is 5.42. The van der Waals surface area contributed by atoms with Crippen molar-refractivity contribution in [3.63, 3.8) is 0 Å². The van der Waals surface area contributed by atoms with E-state index in [9.17, 15) is 0 Å². The first-order chi connectivity index (χ1) is 10.1. The van der Waals surface area contributed by atoms with Gasteiger partial charge in [0.15, 0.2) is 0 Å². The third-order valence-corrected chi connectivity index (χ3v) is 5.63. The van der Waals surface area contributed by atoms with Crippen molar-refractivity contribution >= 4 is 17.0 Å². The van der Waals surface area contributed by atoms with Gasteiger partial charge in [-0.15, -0.1) is 11.3 Å². The van der Waals surface area contributed by atoms with E-state index >= 15 is 0 Å². The van der Waals surface area contributed by atoms with Crippen molar-refractivity contribution in [3.05, 3.63) is 16.8 Å². The monoisotopic (exact) mass is 307 g/mol. The van der Waals surface area contributed by atoms with E-state index in [2.05, 4.69) is 17.1 Å². The van der Waals surface area contributed by atoms with E-state index in [1.807, 2.05) is 12.3 Å². The first-order valence-corrected chi connectivity index (χ1v) is 8.17. The highest BCUT2D eigenvalue weighted by Gasteiger charge is 2.40. The summed E-state index contributed by atoms with van der Waals surface area (Å²) in [7, 11) is 1.73. The Morgan fingerprint density at radius 1 is 1.43 bits per heavy atom. The van der Waals surface area contributed by atoms with Crippen molar-refractivity contribution in [2.45, 2.75) is 45.1 Å². The maximum absolute atomic E-state index is 6.06. The second-order valence-corrected chi connectivity index (χ2v) is 6.85. The zero-order chi connectivity index (χ0) is 15.0. The molecule has 0 saturated heterocycles. The van der Waals surface area contributed by atoms with Crippen LogP contribution in [-0.4, -0.2) is 17.3 Å². The molecule has 1 saturated carbocycles. The van der Waals surface area contributed by atoms with Crippen LogP contribution in [-0.2, 0) is 10.3 Å². The van der Waals surface area contributed by atoms with Gasteiger partial charge in [0.25, 0.3) is 5.89 Å². The number of aromatic nitrogens is 2. The van der Waals surface area contributed by atoms with E-state index in [4.69, 9.17) is 15.0 Å². The van der Waals surface area contributed by atoms with E-state index in [1.165, 1.54) is 11.3 Å². The average molecular weight is 307 g/mol. The van der Waals surface area contributed by atoms with Gasteiger partial charge in [0.1, 0.15) is 10.5 Å². The number of thiophene rings is 1. The Morgan fingerprint density at radius 2 is 2.14 bits per heavy atom. The molecule has 0 aromatic carbocycles. The van der Waals surface area contributed by atoms with Gasteiger partial charge in [-0.3, -0.25) is 0 Å². The fourth-order valence-electron chi connectivity index (χ4n) is 2.87. The minimum Gasteiger partial charge on any atom is -0.397 e. The van der Waals surface area contributed by atoms with Gasteiger partial charge < -0.3 is 15.0 Å². The number of nitrogens with two attached hydrogens (primary N) is 1. The van der Waals surface area contributed by atoms with Gasteiger partial charge in [-0.25, -0.2) is 0 Å². The molecule has 0 spiro atoms. The van der Waals surface area contributed by atoms with Crippen LogP contribution in [0.3, 0.4) is 0 Å². The highest BCUT2D eigenvalue weighted by molar-refractivity contribution is 7.14. The van der Waals surface area contributed by atoms with Crippen LogP contribution in [0.2, 0.25) is 0 Å². The molecule has 2 N–H and O–H groups in total. The fraction of sp³-hybridized carbons (Fsp3) is 0.600. The van der Waals surface area contributed by atoms with Crippen LogP contribution in [0.15, 0.2) is 9.90 Å². The van der Waals surface area contributed by atoms with Crippen molar-refractivity contribution in [2.75, 3.05) is 12.8 Å². The Kier molecular flexibility index (Phi) is 3.75. The maximum atomic E-state index is 6.06. The quantitative estimate of drug-likeness (QED) is 0.935. The third kappa shape index (κ3) is 2.46. The number of nitrogen functional groups attached to an aromatic ring is 1. The smallest absolute Gasteiger partial charge is 0.270 e. The molecular weight excluding hydrogens is 286 g/mol. The lowest BCUT2D eigenvalue weighted by atomic mass is 9.79. The minimum absolute atomic E-state index is 0.407. The fourth-order valence-corrected chi connectivity index (χ4v) is 3.76. The molecule has 3 rings (SSSR count). The molecule has 114 valence electrons. The molecule has 1 aliphatic carbocycles. The van der Waals surface area contributed by atoms with Gasteiger partial charge in [-0.2, -0.15) is 4.98 Å². The molecule has 21 heavy (non-hydrogen) atoms. The van der Waals surface area contributed by atoms with Gasteiger partial charge >= 0.3 is 0 Å². The molecule has 5 nitrogen and oxygen atoms in total. The number of methoxy groups -OCH3 is 1. The van der Waals surface area contributed by atoms with Crippen molar-refractivity contribution in [2.24, 2.45) is 5.92 Å². The molecule has 0 aliphatic heterocycles. The van der Waals surface area contributed by atoms with Crippen molar-refractivity contribution in [1.82, 2.24) is 10.1 Å². The van der Waals surface area contributed by atoms with Gasteiger partial charge in [0.05, 0.1) is 5.69 Å². The van der Waals surface area contributed by atoms with Crippen LogP contribution in [0, 0.1) is 12.8 Å². The number of hydrogen-bond donors (Lipinski definition) is 1. The summed E-state index contributed by atoms with van der Waals surface area (Å²) in [6.07, 6.45) is 4.11. The predicted molar refractivity (Wildman–Crippen MR) is 83.1 cm³/mol. The van der Waals surface area contributed by atoms with E-state index in [0.29, 0.717) is 11.7 Å². The van der Waals surface area contributed by atoms with Crippen LogP contribution in [0.25, 0.3) is 10.8 Å². The lowest BCUT2D eigenvalue weighted by Gasteiger charge is -2.35. The van der Waals surface area contributed by atoms with Crippen molar-refractivity contribution in [1.29, 1.82) is 0 Å². The van der Waals surface area contributed by atoms with Gasteiger partial charge in [-0.1, -0.05) is 12.1 Å². The molecule has 2 aromatic heterocycles. The first kappa shape index (κ1) is 14.5. The summed E-state index contributed by atoms with van der Waals surface area (Å²) in [6.45, 7) is 4.25. The summed E-state index contributed by atoms with van der Waals surface area (Å²) in [6, 6.07) is 0. The third-order valence-electron chi connectivity index (χ3n) is 4.52. The Labute approximate surface area is 128 Å². The predicted octanol–water partition coefficient (Wildman–Crippen LogP) is 3.74. The molecule has 2 heterocycles. The average Bonchev–Trinajstić information content (AvgIpc) is 3.09. The standard InChI is InChI=1S/C15H21N3O2S/c1-9-4-6-15(19-3,7-5-9)14-17-13(20-18-14)12-11(16)10(2)8-21-12/h8-9H,4-7,16H2,1-3H3. The van der Waals surface area contributed by atoms with E-state index in [0.717, 1.165) is 47.7 Å². The first-order valence-electron chi connectivity index (χ1n) is 7.29. The SMILES string of the molecule is COC1(c2noc(-c3scc(C)c3N)n2)CCC(C)CC1. The lowest BCUT2D eigenvalue weighted by molar-refractivity contribution is -0.0609. The molecular formula is C15H21N3O2S. The summed E-state index contributed by atoms with van der Waals surface area (Å²) in [5, 5.41) is 6.18. The molecule has 0 bridgehead atoms. The Balaban J connectivity index is 1.92. The van der Waals surface area contributed by atoms with Crippen LogP contribution in [0.4, 0.5) is 5.69 Å². The maximum Gasteiger partial charge on any atom is 0.270 e. The molecule has 0 atom stereocenters. The zero-order valence-electron chi connectivity index (χ0n) is 12.7. The Bertz CT molecular complexity index is 627. The largest absolute Gasteiger partial charge is 0.397 e. The van der Waals surface area contributed by atoms with E-state index in [1.54, 1.807) is 7.11 Å². The number of rotatable bonds is 3. The van der Waals surface area contributed by atoms with Gasteiger partial charge in [-0.05, 0) is 49.5 Å². The summed E-state index contributed by atoms with van der Waals surface area (Å²) < 4.78 is 11.2. The van der Waals surface area contributed by atoms with Gasteiger partial charge in [0, 0.05) is 7.11 Å². The number of aryl methyl sites for hydroxylation is 1. The summed E-state index contributed by atoms with van der Waals surface area (Å²) in [5.41, 5.74) is 7.42. The Morgan fingerprint density at radius 3 is 2.71 bits per heavy atom. The van der Waals surface area contributed by atoms with Crippen LogP contribution in [0.1, 0.15) is 44.0 Å². The number of anilines is 1. The minimum atomic E-state index is -0.407. The number of nitrogens with zero attached hydrogens (tertiary/aromatic N) is 2. The molecule has 6 heteroatoms. The van der Waals surface area contributed by atoms with Crippen LogP contribution >= 0.6 is 11.3 Å². The highest BCUT2D eigenvalue weighted by atomic mass is 32.1. The van der Waals surface area contributed by atoms with Crippen LogP contribution in [0.5, 0.6) is 0 Å². The molecule has 2 aromatic rings. The molecule has 0 unspecified atom stereocenters. The molecule has 1 fully saturated rings. The molecule has 0 amide bonds. The topological polar surface area (TPSA) is 74.2 Å². The highest BCUT2D eigenvalue weighted by Crippen LogP contribution is 2.42. The van der Waals surface area contributed by atoms with Gasteiger partial charge in [0.2, 0.25) is 5.82 Å².